The fraction of sp³-hybridized carbons (Fsp3) is 0.643. The molecule has 3 N–H and O–H groups in total. The molecule has 0 saturated carbocycles. The maximum atomic E-state index is 11.8. The zero-order valence-electron chi connectivity index (χ0n) is 12.8. The summed E-state index contributed by atoms with van der Waals surface area (Å²) >= 11 is 0. The molecule has 7 heteroatoms. The summed E-state index contributed by atoms with van der Waals surface area (Å²) in [5.41, 5.74) is -0.313. The maximum absolute atomic E-state index is 11.8. The fourth-order valence-corrected chi connectivity index (χ4v) is 1.84. The molecular weight excluding hydrogens is 272 g/mol. The Morgan fingerprint density at radius 3 is 2.62 bits per heavy atom. The fourth-order valence-electron chi connectivity index (χ4n) is 1.84. The van der Waals surface area contributed by atoms with E-state index in [1.807, 2.05) is 31.5 Å². The molecule has 0 aliphatic carbocycles. The number of carboxylic acid groups (broad SMARTS) is 1. The van der Waals surface area contributed by atoms with Crippen LogP contribution in [0.15, 0.2) is 18.7 Å². The monoisotopic (exact) mass is 296 g/mol. The summed E-state index contributed by atoms with van der Waals surface area (Å²) in [5.74, 6) is -0.921. The highest BCUT2D eigenvalue weighted by Crippen LogP contribution is 2.21. The van der Waals surface area contributed by atoms with Crippen LogP contribution in [0.2, 0.25) is 0 Å². The zero-order chi connectivity index (χ0) is 15.9. The van der Waals surface area contributed by atoms with Gasteiger partial charge in [0.25, 0.3) is 0 Å². The average molecular weight is 296 g/mol. The van der Waals surface area contributed by atoms with Gasteiger partial charge in [-0.15, -0.1) is 0 Å². The Balaban J connectivity index is 2.31. The first-order valence-corrected chi connectivity index (χ1v) is 7.01. The molecule has 1 atom stereocenters. The van der Waals surface area contributed by atoms with Crippen molar-refractivity contribution in [2.45, 2.75) is 46.2 Å². The maximum Gasteiger partial charge on any atom is 0.315 e. The van der Waals surface area contributed by atoms with Gasteiger partial charge in [-0.25, -0.2) is 9.78 Å². The molecule has 0 spiro atoms. The van der Waals surface area contributed by atoms with Crippen LogP contribution in [0.25, 0.3) is 0 Å². The number of nitrogens with one attached hydrogen (secondary N) is 2. The van der Waals surface area contributed by atoms with E-state index in [1.54, 1.807) is 12.5 Å². The van der Waals surface area contributed by atoms with Crippen LogP contribution < -0.4 is 10.6 Å². The summed E-state index contributed by atoms with van der Waals surface area (Å²) in [6.45, 7) is 7.01. The van der Waals surface area contributed by atoms with Gasteiger partial charge in [-0.2, -0.15) is 0 Å². The second-order valence-electron chi connectivity index (χ2n) is 6.07. The van der Waals surface area contributed by atoms with Crippen molar-refractivity contribution in [3.05, 3.63) is 18.7 Å². The van der Waals surface area contributed by atoms with Crippen LogP contribution in [0, 0.1) is 5.41 Å². The number of urea groups is 1. The third kappa shape index (κ3) is 6.78. The lowest BCUT2D eigenvalue weighted by atomic mass is 9.85. The lowest BCUT2D eigenvalue weighted by Gasteiger charge is -2.30. The van der Waals surface area contributed by atoms with E-state index in [9.17, 15) is 9.59 Å². The van der Waals surface area contributed by atoms with E-state index >= 15 is 0 Å². The van der Waals surface area contributed by atoms with Gasteiger partial charge in [0.1, 0.15) is 0 Å². The number of aromatic nitrogens is 2. The molecule has 0 saturated heterocycles. The second kappa shape index (κ2) is 7.66. The molecule has 1 heterocycles. The quantitative estimate of drug-likeness (QED) is 0.664. The van der Waals surface area contributed by atoms with Gasteiger partial charge in [0.15, 0.2) is 0 Å². The van der Waals surface area contributed by atoms with Gasteiger partial charge < -0.3 is 20.3 Å². The summed E-state index contributed by atoms with van der Waals surface area (Å²) in [6.07, 6.45) is 5.99. The van der Waals surface area contributed by atoms with E-state index in [4.69, 9.17) is 5.11 Å². The molecule has 1 aromatic rings. The molecule has 0 bridgehead atoms. The number of carbonyl (C=O) groups is 2. The van der Waals surface area contributed by atoms with Crippen LogP contribution in [-0.4, -0.2) is 39.2 Å². The van der Waals surface area contributed by atoms with Crippen LogP contribution in [-0.2, 0) is 11.3 Å². The SMILES string of the molecule is CC(C)(C)C(CC(=O)O)NC(=O)NCCCn1ccnc1. The topological polar surface area (TPSA) is 96.3 Å². The molecule has 2 amide bonds. The Bertz CT molecular complexity index is 451. The van der Waals surface area contributed by atoms with Gasteiger partial charge in [-0.05, 0) is 11.8 Å². The van der Waals surface area contributed by atoms with E-state index in [2.05, 4.69) is 15.6 Å². The van der Waals surface area contributed by atoms with Gasteiger partial charge in [0.2, 0.25) is 0 Å². The summed E-state index contributed by atoms with van der Waals surface area (Å²) in [5, 5.41) is 14.4. The van der Waals surface area contributed by atoms with Crippen LogP contribution in [0.3, 0.4) is 0 Å². The highest BCUT2D eigenvalue weighted by atomic mass is 16.4. The molecule has 1 aromatic heterocycles. The van der Waals surface area contributed by atoms with Crippen LogP contribution in [0.1, 0.15) is 33.6 Å². The molecule has 0 aliphatic rings. The van der Waals surface area contributed by atoms with Gasteiger partial charge >= 0.3 is 12.0 Å². The van der Waals surface area contributed by atoms with Crippen LogP contribution in [0.4, 0.5) is 4.79 Å². The smallest absolute Gasteiger partial charge is 0.315 e. The standard InChI is InChI=1S/C14H24N4O3/c1-14(2,3)11(9-12(19)20)17-13(21)16-5-4-7-18-8-6-15-10-18/h6,8,10-11H,4-5,7,9H2,1-3H3,(H,19,20)(H2,16,17,21). The molecule has 0 aromatic carbocycles. The Morgan fingerprint density at radius 2 is 2.10 bits per heavy atom. The third-order valence-electron chi connectivity index (χ3n) is 3.17. The van der Waals surface area contributed by atoms with Crippen molar-refractivity contribution in [3.8, 4) is 0 Å². The van der Waals surface area contributed by atoms with Crippen molar-refractivity contribution in [3.63, 3.8) is 0 Å². The molecular formula is C14H24N4O3. The number of rotatable bonds is 7. The van der Waals surface area contributed by atoms with Gasteiger partial charge in [-0.3, -0.25) is 4.79 Å². The number of amides is 2. The number of carbonyl (C=O) groups excluding carboxylic acids is 1. The molecule has 0 aliphatic heterocycles. The van der Waals surface area contributed by atoms with Crippen molar-refractivity contribution in [2.24, 2.45) is 5.41 Å². The number of carboxylic acids is 1. The van der Waals surface area contributed by atoms with Crippen molar-refractivity contribution in [2.75, 3.05) is 6.54 Å². The first-order chi connectivity index (χ1) is 9.79. The van der Waals surface area contributed by atoms with Crippen LogP contribution in [0.5, 0.6) is 0 Å². The minimum Gasteiger partial charge on any atom is -0.481 e. The number of hydrogen-bond acceptors (Lipinski definition) is 3. The number of aryl methyl sites for hydroxylation is 1. The van der Waals surface area contributed by atoms with Crippen LogP contribution >= 0.6 is 0 Å². The number of nitrogens with zero attached hydrogens (tertiary/aromatic N) is 2. The Hall–Kier alpha value is -2.05. The number of hydrogen-bond donors (Lipinski definition) is 3. The van der Waals surface area contributed by atoms with E-state index < -0.39 is 12.0 Å². The molecule has 0 radical (unpaired) electrons. The number of aliphatic carboxylic acids is 1. The van der Waals surface area contributed by atoms with E-state index in [0.29, 0.717) is 6.54 Å². The van der Waals surface area contributed by atoms with E-state index in [0.717, 1.165) is 13.0 Å². The predicted molar refractivity (Wildman–Crippen MR) is 78.9 cm³/mol. The first-order valence-electron chi connectivity index (χ1n) is 7.01. The minimum absolute atomic E-state index is 0.0913. The zero-order valence-corrected chi connectivity index (χ0v) is 12.8. The van der Waals surface area contributed by atoms with E-state index in [-0.39, 0.29) is 17.9 Å². The lowest BCUT2D eigenvalue weighted by molar-refractivity contribution is -0.138. The number of imidazole rings is 1. The Kier molecular flexibility index (Phi) is 6.20. The highest BCUT2D eigenvalue weighted by molar-refractivity contribution is 5.75. The van der Waals surface area contributed by atoms with Gasteiger partial charge in [0, 0.05) is 31.5 Å². The average Bonchev–Trinajstić information content (AvgIpc) is 2.85. The molecule has 1 rings (SSSR count). The molecule has 1 unspecified atom stereocenters. The minimum atomic E-state index is -0.921. The normalized spacial score (nSPS) is 12.7. The van der Waals surface area contributed by atoms with E-state index in [1.165, 1.54) is 0 Å². The predicted octanol–water partition coefficient (Wildman–Crippen LogP) is 1.46. The summed E-state index contributed by atoms with van der Waals surface area (Å²) in [7, 11) is 0. The molecule has 7 nitrogen and oxygen atoms in total. The van der Waals surface area contributed by atoms with Crippen molar-refractivity contribution < 1.29 is 14.7 Å². The second-order valence-corrected chi connectivity index (χ2v) is 6.07. The van der Waals surface area contributed by atoms with Gasteiger partial charge in [-0.1, -0.05) is 20.8 Å². The summed E-state index contributed by atoms with van der Waals surface area (Å²) in [6, 6.07) is -0.745. The lowest BCUT2D eigenvalue weighted by Crippen LogP contribution is -2.49. The molecule has 21 heavy (non-hydrogen) atoms. The van der Waals surface area contributed by atoms with Gasteiger partial charge in [0.05, 0.1) is 12.7 Å². The summed E-state index contributed by atoms with van der Waals surface area (Å²) < 4.78 is 1.93. The Morgan fingerprint density at radius 1 is 1.38 bits per heavy atom. The third-order valence-corrected chi connectivity index (χ3v) is 3.17. The molecule has 118 valence electrons. The van der Waals surface area contributed by atoms with Crippen molar-refractivity contribution in [1.82, 2.24) is 20.2 Å². The highest BCUT2D eigenvalue weighted by Gasteiger charge is 2.28. The van der Waals surface area contributed by atoms with Crippen molar-refractivity contribution in [1.29, 1.82) is 0 Å². The largest absolute Gasteiger partial charge is 0.481 e. The first kappa shape index (κ1) is 17.0. The summed E-state index contributed by atoms with van der Waals surface area (Å²) in [4.78, 5) is 26.6. The van der Waals surface area contributed by atoms with Crippen molar-refractivity contribution >= 4 is 12.0 Å². The Labute approximate surface area is 124 Å². The molecule has 0 fully saturated rings.